The van der Waals surface area contributed by atoms with Gasteiger partial charge in [0.2, 0.25) is 0 Å². The molecular weight excluding hydrogens is 324 g/mol. The zero-order valence-corrected chi connectivity index (χ0v) is 17.3. The Bertz CT molecular complexity index is 709. The van der Waals surface area contributed by atoms with Crippen LogP contribution in [0.3, 0.4) is 0 Å². The van der Waals surface area contributed by atoms with Crippen LogP contribution in [-0.4, -0.2) is 0 Å². The van der Waals surface area contributed by atoms with Crippen molar-refractivity contribution in [3.05, 3.63) is 59.7 Å². The summed E-state index contributed by atoms with van der Waals surface area (Å²) in [5, 5.41) is 0. The number of rotatable bonds is 5. The summed E-state index contributed by atoms with van der Waals surface area (Å²) in [5.74, 6) is 3.84. The van der Waals surface area contributed by atoms with Crippen molar-refractivity contribution >= 4 is 0 Å². The molecule has 0 saturated heterocycles. The summed E-state index contributed by atoms with van der Waals surface area (Å²) in [6.07, 6.45) is 12.6. The van der Waals surface area contributed by atoms with Gasteiger partial charge in [-0.15, -0.1) is 0 Å². The van der Waals surface area contributed by atoms with Crippen LogP contribution in [0.2, 0.25) is 0 Å². The van der Waals surface area contributed by atoms with Crippen LogP contribution >= 0.6 is 0 Å². The number of fused-ring (bicyclic) bond motifs is 1. The first-order valence-corrected chi connectivity index (χ1v) is 11.5. The molecule has 0 nitrogen and oxygen atoms in total. The summed E-state index contributed by atoms with van der Waals surface area (Å²) < 4.78 is 0. The average Bonchev–Trinajstić information content (AvgIpc) is 2.74. The third-order valence-electron chi connectivity index (χ3n) is 7.51. The van der Waals surface area contributed by atoms with Crippen molar-refractivity contribution in [3.8, 4) is 11.1 Å². The van der Waals surface area contributed by atoms with Gasteiger partial charge in [-0.2, -0.15) is 0 Å². The lowest BCUT2D eigenvalue weighted by Crippen LogP contribution is -2.30. The second kappa shape index (κ2) is 8.63. The maximum Gasteiger partial charge on any atom is -0.0159 e. The molecule has 0 amide bonds. The lowest BCUT2D eigenvalue weighted by atomic mass is 9.63. The zero-order chi connectivity index (χ0) is 18.6. The van der Waals surface area contributed by atoms with Gasteiger partial charge in [-0.05, 0) is 84.5 Å². The SMILES string of the molecule is CCCc1ccc(-c2ccc([C@@H]3CC[C@@H]4CC(CC)CC[C@@H]4C3)cc2)cc1. The topological polar surface area (TPSA) is 0 Å². The summed E-state index contributed by atoms with van der Waals surface area (Å²) >= 11 is 0. The van der Waals surface area contributed by atoms with Crippen LogP contribution in [0.25, 0.3) is 11.1 Å². The van der Waals surface area contributed by atoms with Gasteiger partial charge in [-0.1, -0.05) is 81.6 Å². The van der Waals surface area contributed by atoms with Gasteiger partial charge in [0.05, 0.1) is 0 Å². The van der Waals surface area contributed by atoms with E-state index < -0.39 is 0 Å². The third kappa shape index (κ3) is 4.31. The normalized spacial score (nSPS) is 27.9. The molecule has 0 aromatic heterocycles. The molecule has 144 valence electrons. The van der Waals surface area contributed by atoms with E-state index in [1.165, 1.54) is 74.5 Å². The molecule has 0 heteroatoms. The molecule has 2 aromatic rings. The summed E-state index contributed by atoms with van der Waals surface area (Å²) in [4.78, 5) is 0. The molecule has 0 aliphatic heterocycles. The molecule has 0 spiro atoms. The van der Waals surface area contributed by atoms with E-state index in [2.05, 4.69) is 62.4 Å². The van der Waals surface area contributed by atoms with Gasteiger partial charge in [-0.25, -0.2) is 0 Å². The number of aryl methyl sites for hydroxylation is 1. The van der Waals surface area contributed by atoms with E-state index >= 15 is 0 Å². The van der Waals surface area contributed by atoms with Crippen molar-refractivity contribution in [2.45, 2.75) is 77.6 Å². The molecule has 2 aliphatic carbocycles. The molecule has 2 aromatic carbocycles. The highest BCUT2D eigenvalue weighted by Gasteiger charge is 2.35. The fraction of sp³-hybridized carbons (Fsp3) is 0.556. The first kappa shape index (κ1) is 18.8. The molecule has 0 N–H and O–H groups in total. The van der Waals surface area contributed by atoms with Crippen LogP contribution in [0.4, 0.5) is 0 Å². The lowest BCUT2D eigenvalue weighted by Gasteiger charge is -2.42. The van der Waals surface area contributed by atoms with E-state index in [1.54, 1.807) is 5.56 Å². The minimum Gasteiger partial charge on any atom is -0.0651 e. The van der Waals surface area contributed by atoms with Gasteiger partial charge < -0.3 is 0 Å². The van der Waals surface area contributed by atoms with E-state index in [1.807, 2.05) is 0 Å². The Morgan fingerprint density at radius 3 is 2.00 bits per heavy atom. The molecule has 1 unspecified atom stereocenters. The summed E-state index contributed by atoms with van der Waals surface area (Å²) in [6.45, 7) is 4.63. The molecular formula is C27H36. The van der Waals surface area contributed by atoms with E-state index in [-0.39, 0.29) is 0 Å². The first-order valence-electron chi connectivity index (χ1n) is 11.5. The van der Waals surface area contributed by atoms with E-state index in [0.29, 0.717) is 0 Å². The van der Waals surface area contributed by atoms with E-state index in [9.17, 15) is 0 Å². The highest BCUT2D eigenvalue weighted by molar-refractivity contribution is 5.64. The quantitative estimate of drug-likeness (QED) is 0.506. The van der Waals surface area contributed by atoms with Crippen LogP contribution < -0.4 is 0 Å². The van der Waals surface area contributed by atoms with Gasteiger partial charge in [0.1, 0.15) is 0 Å². The van der Waals surface area contributed by atoms with Gasteiger partial charge in [-0.3, -0.25) is 0 Å². The Hall–Kier alpha value is -1.56. The molecule has 0 heterocycles. The lowest BCUT2D eigenvalue weighted by molar-refractivity contribution is 0.116. The van der Waals surface area contributed by atoms with Crippen molar-refractivity contribution in [2.75, 3.05) is 0 Å². The highest BCUT2D eigenvalue weighted by Crippen LogP contribution is 2.48. The summed E-state index contributed by atoms with van der Waals surface area (Å²) in [6, 6.07) is 18.7. The number of benzene rings is 2. The van der Waals surface area contributed by atoms with E-state index in [0.717, 1.165) is 23.7 Å². The molecule has 0 bridgehead atoms. The Balaban J connectivity index is 1.41. The van der Waals surface area contributed by atoms with Gasteiger partial charge in [0, 0.05) is 0 Å². The minimum atomic E-state index is 0.797. The zero-order valence-electron chi connectivity index (χ0n) is 17.3. The average molecular weight is 361 g/mol. The highest BCUT2D eigenvalue weighted by atomic mass is 14.4. The van der Waals surface area contributed by atoms with Crippen molar-refractivity contribution < 1.29 is 0 Å². The van der Waals surface area contributed by atoms with Crippen molar-refractivity contribution in [3.63, 3.8) is 0 Å². The molecule has 2 aliphatic rings. The Morgan fingerprint density at radius 2 is 1.33 bits per heavy atom. The smallest absolute Gasteiger partial charge is 0.0159 e. The van der Waals surface area contributed by atoms with E-state index in [4.69, 9.17) is 0 Å². The second-order valence-corrected chi connectivity index (χ2v) is 9.19. The molecule has 27 heavy (non-hydrogen) atoms. The molecule has 2 fully saturated rings. The van der Waals surface area contributed by atoms with Crippen LogP contribution in [0, 0.1) is 17.8 Å². The summed E-state index contributed by atoms with van der Waals surface area (Å²) in [7, 11) is 0. The van der Waals surface area contributed by atoms with Crippen molar-refractivity contribution in [1.82, 2.24) is 0 Å². The van der Waals surface area contributed by atoms with Crippen LogP contribution in [0.1, 0.15) is 82.3 Å². The number of hydrogen-bond donors (Lipinski definition) is 0. The third-order valence-corrected chi connectivity index (χ3v) is 7.51. The largest absolute Gasteiger partial charge is 0.0651 e. The fourth-order valence-corrected chi connectivity index (χ4v) is 5.76. The van der Waals surface area contributed by atoms with Crippen LogP contribution in [-0.2, 0) is 6.42 Å². The summed E-state index contributed by atoms with van der Waals surface area (Å²) in [5.41, 5.74) is 5.74. The van der Waals surface area contributed by atoms with Crippen molar-refractivity contribution in [2.24, 2.45) is 17.8 Å². The maximum absolute atomic E-state index is 2.41. The molecule has 4 rings (SSSR count). The fourth-order valence-electron chi connectivity index (χ4n) is 5.76. The second-order valence-electron chi connectivity index (χ2n) is 9.19. The first-order chi connectivity index (χ1) is 13.3. The van der Waals surface area contributed by atoms with Gasteiger partial charge >= 0.3 is 0 Å². The minimum absolute atomic E-state index is 0.797. The Kier molecular flexibility index (Phi) is 6.01. The maximum atomic E-state index is 2.41. The molecule has 4 atom stereocenters. The van der Waals surface area contributed by atoms with Crippen LogP contribution in [0.5, 0.6) is 0 Å². The van der Waals surface area contributed by atoms with Gasteiger partial charge in [0.25, 0.3) is 0 Å². The molecule has 0 radical (unpaired) electrons. The Morgan fingerprint density at radius 1 is 0.704 bits per heavy atom. The molecule has 2 saturated carbocycles. The van der Waals surface area contributed by atoms with Crippen LogP contribution in [0.15, 0.2) is 48.5 Å². The number of hydrogen-bond acceptors (Lipinski definition) is 0. The standard InChI is InChI=1S/C27H36/c1-3-5-21-7-9-22(10-8-21)23-12-14-24(15-13-23)26-17-16-25-18-20(4-2)6-11-27(25)19-26/h7-10,12-15,20,25-27H,3-6,11,16-19H2,1-2H3/t20?,25-,26-,27-/m1/s1. The van der Waals surface area contributed by atoms with Crippen molar-refractivity contribution in [1.29, 1.82) is 0 Å². The predicted octanol–water partition coefficient (Wildman–Crippen LogP) is 8.02. The predicted molar refractivity (Wildman–Crippen MR) is 117 cm³/mol. The van der Waals surface area contributed by atoms with Gasteiger partial charge in [0.15, 0.2) is 0 Å². The monoisotopic (exact) mass is 360 g/mol. The Labute approximate surface area is 166 Å².